The molecule has 180 valence electrons. The summed E-state index contributed by atoms with van der Waals surface area (Å²) in [5, 5.41) is 5.36. The van der Waals surface area contributed by atoms with Crippen LogP contribution in [-0.4, -0.2) is 42.0 Å². The van der Waals surface area contributed by atoms with Crippen LogP contribution in [-0.2, 0) is 6.42 Å². The van der Waals surface area contributed by atoms with E-state index in [4.69, 9.17) is 23.2 Å². The van der Waals surface area contributed by atoms with E-state index in [0.29, 0.717) is 28.1 Å². The van der Waals surface area contributed by atoms with Gasteiger partial charge < -0.3 is 10.2 Å². The Hall–Kier alpha value is -2.14. The zero-order valence-electron chi connectivity index (χ0n) is 20.0. The van der Waals surface area contributed by atoms with E-state index in [2.05, 4.69) is 35.1 Å². The number of nitrogens with zero attached hydrogens (tertiary/aromatic N) is 2. The van der Waals surface area contributed by atoms with Crippen LogP contribution in [0.3, 0.4) is 0 Å². The minimum absolute atomic E-state index is 0.0246. The van der Waals surface area contributed by atoms with Crippen LogP contribution in [0.5, 0.6) is 0 Å². The number of benzene rings is 2. The van der Waals surface area contributed by atoms with Gasteiger partial charge in [-0.2, -0.15) is 0 Å². The topological polar surface area (TPSA) is 45.2 Å². The quantitative estimate of drug-likeness (QED) is 0.379. The summed E-state index contributed by atoms with van der Waals surface area (Å²) in [6, 6.07) is 15.7. The highest BCUT2D eigenvalue weighted by Crippen LogP contribution is 2.28. The molecule has 1 N–H and O–H groups in total. The van der Waals surface area contributed by atoms with E-state index >= 15 is 0 Å². The summed E-state index contributed by atoms with van der Waals surface area (Å²) in [5.74, 6) is 0.630. The van der Waals surface area contributed by atoms with Gasteiger partial charge in [-0.25, -0.2) is 0 Å². The van der Waals surface area contributed by atoms with Crippen LogP contribution in [0.15, 0.2) is 54.7 Å². The second kappa shape index (κ2) is 11.1. The highest BCUT2D eigenvalue weighted by molar-refractivity contribution is 6.42. The number of piperidine rings is 1. The fourth-order valence-electron chi connectivity index (χ4n) is 4.58. The molecule has 0 unspecified atom stereocenters. The van der Waals surface area contributed by atoms with Crippen molar-refractivity contribution in [1.82, 2.24) is 15.2 Å². The Bertz CT molecular complexity index is 1140. The Kier molecular flexibility index (Phi) is 8.13. The van der Waals surface area contributed by atoms with Crippen LogP contribution >= 0.6 is 23.2 Å². The normalized spacial score (nSPS) is 15.5. The van der Waals surface area contributed by atoms with Crippen LogP contribution in [0.4, 0.5) is 0 Å². The molecule has 4 nitrogen and oxygen atoms in total. The first-order chi connectivity index (χ1) is 16.3. The van der Waals surface area contributed by atoms with Crippen molar-refractivity contribution in [3.8, 4) is 0 Å². The molecule has 0 spiro atoms. The van der Waals surface area contributed by atoms with Crippen LogP contribution in [0.25, 0.3) is 10.9 Å². The maximum absolute atomic E-state index is 12.7. The summed E-state index contributed by atoms with van der Waals surface area (Å²) in [6.07, 6.45) is 6.16. The number of hydrogen-bond donors (Lipinski definition) is 1. The van der Waals surface area contributed by atoms with Gasteiger partial charge in [0.15, 0.2) is 0 Å². The van der Waals surface area contributed by atoms with Gasteiger partial charge in [0.2, 0.25) is 0 Å². The van der Waals surface area contributed by atoms with Gasteiger partial charge in [0.1, 0.15) is 0 Å². The fourth-order valence-corrected chi connectivity index (χ4v) is 4.90. The lowest BCUT2D eigenvalue weighted by molar-refractivity contribution is 0.0927. The van der Waals surface area contributed by atoms with E-state index in [1.54, 1.807) is 6.20 Å². The second-order valence-corrected chi connectivity index (χ2v) is 11.1. The van der Waals surface area contributed by atoms with Crippen molar-refractivity contribution in [1.29, 1.82) is 0 Å². The van der Waals surface area contributed by atoms with E-state index in [1.807, 2.05) is 42.5 Å². The third kappa shape index (κ3) is 6.71. The van der Waals surface area contributed by atoms with E-state index in [9.17, 15) is 4.79 Å². The molecule has 6 heteroatoms. The molecular formula is C28H33Cl2N3O. The Morgan fingerprint density at radius 1 is 1.09 bits per heavy atom. The third-order valence-electron chi connectivity index (χ3n) is 6.90. The largest absolute Gasteiger partial charge is 0.351 e. The molecule has 2 aromatic carbocycles. The van der Waals surface area contributed by atoms with Crippen LogP contribution in [0.2, 0.25) is 10.0 Å². The van der Waals surface area contributed by atoms with Crippen molar-refractivity contribution >= 4 is 40.0 Å². The Morgan fingerprint density at radius 2 is 1.85 bits per heavy atom. The van der Waals surface area contributed by atoms with Crippen molar-refractivity contribution < 1.29 is 4.79 Å². The minimum Gasteiger partial charge on any atom is -0.351 e. The predicted octanol–water partition coefficient (Wildman–Crippen LogP) is 6.64. The van der Waals surface area contributed by atoms with Gasteiger partial charge in [0.05, 0.1) is 21.1 Å². The summed E-state index contributed by atoms with van der Waals surface area (Å²) in [6.45, 7) is 8.40. The van der Waals surface area contributed by atoms with Crippen molar-refractivity contribution in [3.05, 3.63) is 75.9 Å². The number of aromatic nitrogens is 1. The molecular weight excluding hydrogens is 465 g/mol. The average molecular weight is 498 g/mol. The Labute approximate surface area is 212 Å². The SMILES string of the molecule is CC(C)(CCN1CCC(Cc2ccc(Cl)c(Cl)c2)CC1)CNC(=O)c1cnc2ccccc2c1. The molecule has 0 aliphatic carbocycles. The molecule has 1 saturated heterocycles. The van der Waals surface area contributed by atoms with Crippen LogP contribution in [0.1, 0.15) is 49.0 Å². The summed E-state index contributed by atoms with van der Waals surface area (Å²) in [4.78, 5) is 19.7. The molecule has 0 radical (unpaired) electrons. The summed E-state index contributed by atoms with van der Waals surface area (Å²) >= 11 is 12.2. The van der Waals surface area contributed by atoms with Gasteiger partial charge in [-0.15, -0.1) is 0 Å². The highest BCUT2D eigenvalue weighted by atomic mass is 35.5. The van der Waals surface area contributed by atoms with E-state index in [0.717, 1.165) is 43.4 Å². The van der Waals surface area contributed by atoms with Gasteiger partial charge in [0, 0.05) is 18.1 Å². The molecule has 1 fully saturated rings. The van der Waals surface area contributed by atoms with Crippen LogP contribution < -0.4 is 5.32 Å². The zero-order valence-corrected chi connectivity index (χ0v) is 21.5. The number of hydrogen-bond acceptors (Lipinski definition) is 3. The first kappa shape index (κ1) is 25.0. The molecule has 34 heavy (non-hydrogen) atoms. The number of halogens is 2. The number of rotatable bonds is 8. The lowest BCUT2D eigenvalue weighted by Gasteiger charge is -2.34. The number of carbonyl (C=O) groups is 1. The molecule has 0 atom stereocenters. The average Bonchev–Trinajstić information content (AvgIpc) is 2.84. The number of pyridine rings is 1. The van der Waals surface area contributed by atoms with Gasteiger partial charge in [-0.3, -0.25) is 9.78 Å². The zero-order chi connectivity index (χ0) is 24.1. The van der Waals surface area contributed by atoms with Crippen molar-refractivity contribution in [2.75, 3.05) is 26.2 Å². The molecule has 1 aromatic heterocycles. The van der Waals surface area contributed by atoms with Crippen molar-refractivity contribution in [3.63, 3.8) is 0 Å². The van der Waals surface area contributed by atoms with Crippen molar-refractivity contribution in [2.45, 2.75) is 39.5 Å². The van der Waals surface area contributed by atoms with Gasteiger partial charge in [0.25, 0.3) is 5.91 Å². The number of likely N-dealkylation sites (tertiary alicyclic amines) is 1. The molecule has 0 bridgehead atoms. The number of amides is 1. The van der Waals surface area contributed by atoms with E-state index in [-0.39, 0.29) is 11.3 Å². The maximum atomic E-state index is 12.7. The molecule has 2 heterocycles. The van der Waals surface area contributed by atoms with Crippen molar-refractivity contribution in [2.24, 2.45) is 11.3 Å². The lowest BCUT2D eigenvalue weighted by atomic mass is 9.87. The predicted molar refractivity (Wildman–Crippen MR) is 142 cm³/mol. The van der Waals surface area contributed by atoms with Gasteiger partial charge in [-0.05, 0) is 86.5 Å². The summed E-state index contributed by atoms with van der Waals surface area (Å²) in [7, 11) is 0. The summed E-state index contributed by atoms with van der Waals surface area (Å²) in [5.41, 5.74) is 2.81. The first-order valence-corrected chi connectivity index (χ1v) is 12.8. The number of nitrogens with one attached hydrogen (secondary N) is 1. The molecule has 1 aliphatic rings. The monoisotopic (exact) mass is 497 g/mol. The third-order valence-corrected chi connectivity index (χ3v) is 7.64. The smallest absolute Gasteiger partial charge is 0.252 e. The maximum Gasteiger partial charge on any atom is 0.252 e. The standard InChI is InChI=1S/C28H33Cl2N3O/c1-28(2,19-32-27(34)23-17-22-5-3-4-6-26(22)31-18-23)11-14-33-12-9-20(10-13-33)15-21-7-8-24(29)25(30)16-21/h3-8,16-18,20H,9-15,19H2,1-2H3,(H,32,34). The van der Waals surface area contributed by atoms with Gasteiger partial charge >= 0.3 is 0 Å². The molecule has 1 aliphatic heterocycles. The highest BCUT2D eigenvalue weighted by Gasteiger charge is 2.24. The molecule has 3 aromatic rings. The fraction of sp³-hybridized carbons (Fsp3) is 0.429. The Morgan fingerprint density at radius 3 is 2.62 bits per heavy atom. The number of para-hydroxylation sites is 1. The molecule has 4 rings (SSSR count). The minimum atomic E-state index is -0.0607. The lowest BCUT2D eigenvalue weighted by Crippen LogP contribution is -2.39. The van der Waals surface area contributed by atoms with E-state index < -0.39 is 0 Å². The number of fused-ring (bicyclic) bond motifs is 1. The second-order valence-electron chi connectivity index (χ2n) is 10.3. The molecule has 1 amide bonds. The Balaban J connectivity index is 1.20. The number of carbonyl (C=O) groups excluding carboxylic acids is 1. The first-order valence-electron chi connectivity index (χ1n) is 12.1. The van der Waals surface area contributed by atoms with E-state index in [1.165, 1.54) is 18.4 Å². The van der Waals surface area contributed by atoms with Crippen LogP contribution in [0, 0.1) is 11.3 Å². The molecule has 0 saturated carbocycles. The summed E-state index contributed by atoms with van der Waals surface area (Å²) < 4.78 is 0. The van der Waals surface area contributed by atoms with Gasteiger partial charge in [-0.1, -0.05) is 61.3 Å².